The number of benzene rings is 2. The van der Waals surface area contributed by atoms with Crippen molar-refractivity contribution in [2.75, 3.05) is 25.7 Å². The molecule has 1 N–H and O–H groups in total. The maximum atomic E-state index is 12.4. The first-order valence-electron chi connectivity index (χ1n) is 9.46. The lowest BCUT2D eigenvalue weighted by Crippen LogP contribution is -2.37. The van der Waals surface area contributed by atoms with Crippen molar-refractivity contribution in [3.8, 4) is 11.5 Å². The van der Waals surface area contributed by atoms with E-state index in [-0.39, 0.29) is 17.9 Å². The Balaban J connectivity index is 1.52. The predicted octanol–water partition coefficient (Wildman–Crippen LogP) is 2.95. The molecule has 6 heteroatoms. The fourth-order valence-electron chi connectivity index (χ4n) is 3.44. The second kappa shape index (κ2) is 9.26. The van der Waals surface area contributed by atoms with Gasteiger partial charge in [0.15, 0.2) is 11.5 Å². The van der Waals surface area contributed by atoms with E-state index in [0.717, 1.165) is 18.5 Å². The summed E-state index contributed by atoms with van der Waals surface area (Å²) in [6.45, 7) is 0.457. The molecular formula is C22H26N2O4. The second-order valence-electron chi connectivity index (χ2n) is 6.85. The molecule has 2 aromatic carbocycles. The molecule has 1 fully saturated rings. The van der Waals surface area contributed by atoms with E-state index >= 15 is 0 Å². The van der Waals surface area contributed by atoms with Gasteiger partial charge in [-0.2, -0.15) is 0 Å². The van der Waals surface area contributed by atoms with Gasteiger partial charge in [-0.05, 0) is 30.5 Å². The van der Waals surface area contributed by atoms with Crippen molar-refractivity contribution in [2.45, 2.75) is 31.7 Å². The number of methoxy groups -OCH3 is 2. The molecule has 2 amide bonds. The largest absolute Gasteiger partial charge is 0.493 e. The van der Waals surface area contributed by atoms with Gasteiger partial charge < -0.3 is 19.7 Å². The van der Waals surface area contributed by atoms with Gasteiger partial charge in [0.25, 0.3) is 0 Å². The highest BCUT2D eigenvalue weighted by Crippen LogP contribution is 2.33. The summed E-state index contributed by atoms with van der Waals surface area (Å²) in [5.74, 6) is 1.16. The van der Waals surface area contributed by atoms with Crippen LogP contribution >= 0.6 is 0 Å². The Morgan fingerprint density at radius 2 is 1.86 bits per heavy atom. The molecule has 0 aromatic heterocycles. The molecule has 2 aromatic rings. The molecule has 0 aliphatic carbocycles. The maximum Gasteiger partial charge on any atom is 0.229 e. The molecular weight excluding hydrogens is 356 g/mol. The minimum Gasteiger partial charge on any atom is -0.493 e. The molecule has 0 bridgehead atoms. The van der Waals surface area contributed by atoms with Gasteiger partial charge in [-0.15, -0.1) is 0 Å². The van der Waals surface area contributed by atoms with E-state index in [1.165, 1.54) is 5.56 Å². The Kier molecular flexibility index (Phi) is 6.53. The third-order valence-electron chi connectivity index (χ3n) is 4.88. The number of carbonyl (C=O) groups excluding carboxylic acids is 2. The fourth-order valence-corrected chi connectivity index (χ4v) is 3.44. The fraction of sp³-hybridized carbons (Fsp3) is 0.364. The quantitative estimate of drug-likeness (QED) is 0.762. The van der Waals surface area contributed by atoms with Crippen LogP contribution < -0.4 is 19.7 Å². The van der Waals surface area contributed by atoms with Crippen LogP contribution in [0.15, 0.2) is 48.5 Å². The monoisotopic (exact) mass is 382 g/mol. The molecule has 148 valence electrons. The first-order valence-corrected chi connectivity index (χ1v) is 9.46. The van der Waals surface area contributed by atoms with E-state index in [4.69, 9.17) is 9.47 Å². The van der Waals surface area contributed by atoms with E-state index in [9.17, 15) is 9.59 Å². The van der Waals surface area contributed by atoms with Gasteiger partial charge in [-0.25, -0.2) is 0 Å². The third-order valence-corrected chi connectivity index (χ3v) is 4.88. The highest BCUT2D eigenvalue weighted by molar-refractivity contribution is 5.97. The van der Waals surface area contributed by atoms with E-state index in [0.29, 0.717) is 30.9 Å². The number of nitrogens with zero attached hydrogens (tertiary/aromatic N) is 1. The van der Waals surface area contributed by atoms with Crippen LogP contribution in [0.4, 0.5) is 5.69 Å². The summed E-state index contributed by atoms with van der Waals surface area (Å²) in [5.41, 5.74) is 1.97. The highest BCUT2D eigenvalue weighted by atomic mass is 16.5. The molecule has 1 atom stereocenters. The zero-order valence-electron chi connectivity index (χ0n) is 16.3. The van der Waals surface area contributed by atoms with Gasteiger partial charge in [0.2, 0.25) is 11.8 Å². The zero-order valence-corrected chi connectivity index (χ0v) is 16.3. The van der Waals surface area contributed by atoms with Crippen LogP contribution in [0.2, 0.25) is 0 Å². The lowest BCUT2D eigenvalue weighted by Gasteiger charge is -2.19. The van der Waals surface area contributed by atoms with E-state index in [1.807, 2.05) is 24.3 Å². The average Bonchev–Trinajstić information content (AvgIpc) is 3.08. The molecule has 1 heterocycles. The molecule has 0 radical (unpaired) electrons. The van der Waals surface area contributed by atoms with Crippen molar-refractivity contribution in [3.05, 3.63) is 54.1 Å². The minimum atomic E-state index is -0.176. The molecule has 28 heavy (non-hydrogen) atoms. The van der Waals surface area contributed by atoms with Gasteiger partial charge in [0.05, 0.1) is 20.3 Å². The van der Waals surface area contributed by atoms with Gasteiger partial charge >= 0.3 is 0 Å². The first kappa shape index (κ1) is 19.7. The van der Waals surface area contributed by atoms with E-state index < -0.39 is 0 Å². The van der Waals surface area contributed by atoms with Crippen molar-refractivity contribution in [1.29, 1.82) is 0 Å². The summed E-state index contributed by atoms with van der Waals surface area (Å²) in [4.78, 5) is 26.3. The van der Waals surface area contributed by atoms with Crippen LogP contribution in [0.5, 0.6) is 11.5 Å². The standard InChI is InChI=1S/C22H26N2O4/c1-27-19-12-11-18(14-20(19)28-2)24-15-17(13-22(24)26)23-21(25)10-6-9-16-7-4-3-5-8-16/h3-5,7-8,11-12,14,17H,6,9-10,13,15H2,1-2H3,(H,23,25)/t17-/m0/s1. The van der Waals surface area contributed by atoms with Gasteiger partial charge in [0.1, 0.15) is 0 Å². The Morgan fingerprint density at radius 1 is 1.11 bits per heavy atom. The number of carbonyl (C=O) groups is 2. The molecule has 0 unspecified atom stereocenters. The highest BCUT2D eigenvalue weighted by Gasteiger charge is 2.31. The zero-order chi connectivity index (χ0) is 19.9. The Labute approximate surface area is 165 Å². The van der Waals surface area contributed by atoms with Crippen molar-refractivity contribution in [1.82, 2.24) is 5.32 Å². The van der Waals surface area contributed by atoms with Crippen molar-refractivity contribution < 1.29 is 19.1 Å². The Bertz CT molecular complexity index is 823. The van der Waals surface area contributed by atoms with Gasteiger partial charge in [0, 0.05) is 31.1 Å². The van der Waals surface area contributed by atoms with E-state index in [1.54, 1.807) is 31.3 Å². The molecule has 6 nitrogen and oxygen atoms in total. The van der Waals surface area contributed by atoms with Gasteiger partial charge in [-0.1, -0.05) is 30.3 Å². The number of hydrogen-bond donors (Lipinski definition) is 1. The minimum absolute atomic E-state index is 0.0112. The van der Waals surface area contributed by atoms with Crippen molar-refractivity contribution in [3.63, 3.8) is 0 Å². The van der Waals surface area contributed by atoms with Crippen molar-refractivity contribution >= 4 is 17.5 Å². The smallest absolute Gasteiger partial charge is 0.229 e. The first-order chi connectivity index (χ1) is 13.6. The number of nitrogens with one attached hydrogen (secondary N) is 1. The molecule has 0 spiro atoms. The number of hydrogen-bond acceptors (Lipinski definition) is 4. The number of rotatable bonds is 8. The normalized spacial score (nSPS) is 16.1. The number of anilines is 1. The van der Waals surface area contributed by atoms with E-state index in [2.05, 4.69) is 17.4 Å². The molecule has 1 aliphatic heterocycles. The topological polar surface area (TPSA) is 67.9 Å². The van der Waals surface area contributed by atoms with Crippen LogP contribution in [0.3, 0.4) is 0 Å². The molecule has 3 rings (SSSR count). The summed E-state index contributed by atoms with van der Waals surface area (Å²) in [7, 11) is 3.13. The van der Waals surface area contributed by atoms with Crippen molar-refractivity contribution in [2.24, 2.45) is 0 Å². The molecule has 1 aliphatic rings. The van der Waals surface area contributed by atoms with Crippen LogP contribution in [0.1, 0.15) is 24.8 Å². The van der Waals surface area contributed by atoms with Crippen LogP contribution in [-0.2, 0) is 16.0 Å². The number of amides is 2. The average molecular weight is 382 g/mol. The molecule has 1 saturated heterocycles. The summed E-state index contributed by atoms with van der Waals surface area (Å²) in [6.07, 6.45) is 2.42. The van der Waals surface area contributed by atoms with Crippen LogP contribution in [-0.4, -0.2) is 38.6 Å². The number of aryl methyl sites for hydroxylation is 1. The lowest BCUT2D eigenvalue weighted by atomic mass is 10.1. The summed E-state index contributed by atoms with van der Waals surface area (Å²) < 4.78 is 10.5. The second-order valence-corrected chi connectivity index (χ2v) is 6.85. The summed E-state index contributed by atoms with van der Waals surface area (Å²) >= 11 is 0. The molecule has 0 saturated carbocycles. The lowest BCUT2D eigenvalue weighted by molar-refractivity contribution is -0.121. The summed E-state index contributed by atoms with van der Waals surface area (Å²) in [5, 5.41) is 2.99. The Morgan fingerprint density at radius 3 is 2.57 bits per heavy atom. The van der Waals surface area contributed by atoms with Crippen LogP contribution in [0, 0.1) is 0 Å². The van der Waals surface area contributed by atoms with Gasteiger partial charge in [-0.3, -0.25) is 9.59 Å². The van der Waals surface area contributed by atoms with Crippen LogP contribution in [0.25, 0.3) is 0 Å². The third kappa shape index (κ3) is 4.82. The predicted molar refractivity (Wildman–Crippen MR) is 108 cm³/mol. The maximum absolute atomic E-state index is 12.4. The Hall–Kier alpha value is -3.02. The SMILES string of the molecule is COc1ccc(N2C[C@@H](NC(=O)CCCc3ccccc3)CC2=O)cc1OC. The number of ether oxygens (including phenoxy) is 2. The summed E-state index contributed by atoms with van der Waals surface area (Å²) in [6, 6.07) is 15.3.